The van der Waals surface area contributed by atoms with Gasteiger partial charge in [0.2, 0.25) is 5.91 Å². The van der Waals surface area contributed by atoms with Gasteiger partial charge < -0.3 is 4.74 Å². The molecule has 29 heavy (non-hydrogen) atoms. The predicted molar refractivity (Wildman–Crippen MR) is 112 cm³/mol. The van der Waals surface area contributed by atoms with Crippen molar-refractivity contribution in [2.75, 3.05) is 37.7 Å². The number of amides is 2. The zero-order valence-electron chi connectivity index (χ0n) is 16.8. The van der Waals surface area contributed by atoms with Crippen LogP contribution in [0.25, 0.3) is 0 Å². The molecule has 0 aromatic heterocycles. The van der Waals surface area contributed by atoms with Gasteiger partial charge in [0.25, 0.3) is 5.91 Å². The third-order valence-corrected chi connectivity index (χ3v) is 5.63. The second-order valence-corrected chi connectivity index (χ2v) is 7.51. The SMILES string of the molecule is CCOc1ccc(N2C(=O)C[C@H](N3CCN(Cc4ccccc4)CC3)C2=O)cc1. The number of carbonyl (C=O) groups is 2. The fourth-order valence-electron chi connectivity index (χ4n) is 4.11. The lowest BCUT2D eigenvalue weighted by Gasteiger charge is -2.37. The van der Waals surface area contributed by atoms with E-state index in [0.717, 1.165) is 38.5 Å². The van der Waals surface area contributed by atoms with E-state index in [1.165, 1.54) is 10.5 Å². The quantitative estimate of drug-likeness (QED) is 0.706. The Bertz CT molecular complexity index is 845. The predicted octanol–water partition coefficient (Wildman–Crippen LogP) is 2.54. The third kappa shape index (κ3) is 4.33. The van der Waals surface area contributed by atoms with Crippen LogP contribution in [0.4, 0.5) is 5.69 Å². The van der Waals surface area contributed by atoms with E-state index < -0.39 is 0 Å². The molecule has 2 saturated heterocycles. The Balaban J connectivity index is 1.36. The number of nitrogens with zero attached hydrogens (tertiary/aromatic N) is 3. The first-order valence-electron chi connectivity index (χ1n) is 10.3. The fraction of sp³-hybridized carbons (Fsp3) is 0.391. The molecule has 2 heterocycles. The molecule has 0 N–H and O–H groups in total. The molecule has 0 bridgehead atoms. The standard InChI is InChI=1S/C23H27N3O3/c1-2-29-20-10-8-19(9-11-20)26-22(27)16-21(23(26)28)25-14-12-24(13-15-25)17-18-6-4-3-5-7-18/h3-11,21H,2,12-17H2,1H3/t21-/m0/s1. The Morgan fingerprint density at radius 2 is 1.62 bits per heavy atom. The van der Waals surface area contributed by atoms with Crippen LogP contribution in [0.5, 0.6) is 5.75 Å². The average Bonchev–Trinajstić information content (AvgIpc) is 3.04. The molecular weight excluding hydrogens is 366 g/mol. The number of hydrogen-bond acceptors (Lipinski definition) is 5. The smallest absolute Gasteiger partial charge is 0.251 e. The van der Waals surface area contributed by atoms with Gasteiger partial charge >= 0.3 is 0 Å². The Kier molecular flexibility index (Phi) is 5.92. The lowest BCUT2D eigenvalue weighted by Crippen LogP contribution is -2.52. The summed E-state index contributed by atoms with van der Waals surface area (Å²) in [6.45, 7) is 6.82. The Morgan fingerprint density at radius 1 is 0.931 bits per heavy atom. The number of benzene rings is 2. The molecule has 0 unspecified atom stereocenters. The van der Waals surface area contributed by atoms with Crippen molar-refractivity contribution in [2.45, 2.75) is 25.9 Å². The van der Waals surface area contributed by atoms with E-state index in [1.54, 1.807) is 24.3 Å². The highest BCUT2D eigenvalue weighted by Crippen LogP contribution is 2.28. The van der Waals surface area contributed by atoms with E-state index in [0.29, 0.717) is 12.3 Å². The van der Waals surface area contributed by atoms with Gasteiger partial charge in [-0.1, -0.05) is 30.3 Å². The van der Waals surface area contributed by atoms with Crippen LogP contribution < -0.4 is 9.64 Å². The number of rotatable bonds is 6. The highest BCUT2D eigenvalue weighted by Gasteiger charge is 2.43. The van der Waals surface area contributed by atoms with Crippen LogP contribution in [0, 0.1) is 0 Å². The first-order valence-corrected chi connectivity index (χ1v) is 10.3. The summed E-state index contributed by atoms with van der Waals surface area (Å²) in [5, 5.41) is 0. The van der Waals surface area contributed by atoms with Gasteiger partial charge in [-0.05, 0) is 36.8 Å². The topological polar surface area (TPSA) is 53.1 Å². The van der Waals surface area contributed by atoms with Crippen LogP contribution in [-0.4, -0.2) is 60.4 Å². The average molecular weight is 393 g/mol. The molecule has 6 nitrogen and oxygen atoms in total. The van der Waals surface area contributed by atoms with Crippen molar-refractivity contribution in [3.63, 3.8) is 0 Å². The first kappa shape index (κ1) is 19.6. The minimum Gasteiger partial charge on any atom is -0.494 e. The van der Waals surface area contributed by atoms with Crippen LogP contribution >= 0.6 is 0 Å². The van der Waals surface area contributed by atoms with Crippen LogP contribution in [-0.2, 0) is 16.1 Å². The molecule has 2 amide bonds. The Hall–Kier alpha value is -2.70. The molecule has 6 heteroatoms. The molecule has 2 aliphatic rings. The molecule has 0 aliphatic carbocycles. The maximum atomic E-state index is 13.0. The van der Waals surface area contributed by atoms with Crippen molar-refractivity contribution in [2.24, 2.45) is 0 Å². The van der Waals surface area contributed by atoms with E-state index in [-0.39, 0.29) is 24.3 Å². The van der Waals surface area contributed by atoms with E-state index in [4.69, 9.17) is 4.74 Å². The van der Waals surface area contributed by atoms with Crippen LogP contribution in [0.15, 0.2) is 54.6 Å². The summed E-state index contributed by atoms with van der Waals surface area (Å²) in [7, 11) is 0. The third-order valence-electron chi connectivity index (χ3n) is 5.63. The number of ether oxygens (including phenoxy) is 1. The molecule has 4 rings (SSSR count). The number of imide groups is 1. The maximum Gasteiger partial charge on any atom is 0.251 e. The summed E-state index contributed by atoms with van der Waals surface area (Å²) in [5.74, 6) is 0.493. The lowest BCUT2D eigenvalue weighted by atomic mass is 10.1. The van der Waals surface area contributed by atoms with Crippen molar-refractivity contribution in [3.8, 4) is 5.75 Å². The van der Waals surface area contributed by atoms with Crippen LogP contribution in [0.2, 0.25) is 0 Å². The van der Waals surface area contributed by atoms with Crippen molar-refractivity contribution < 1.29 is 14.3 Å². The molecule has 2 aromatic carbocycles. The molecule has 0 saturated carbocycles. The van der Waals surface area contributed by atoms with Gasteiger partial charge in [-0.15, -0.1) is 0 Å². The van der Waals surface area contributed by atoms with E-state index in [2.05, 4.69) is 34.1 Å². The number of carbonyl (C=O) groups excluding carboxylic acids is 2. The van der Waals surface area contributed by atoms with Gasteiger partial charge in [-0.25, -0.2) is 4.90 Å². The molecule has 2 fully saturated rings. The van der Waals surface area contributed by atoms with Gasteiger partial charge in [-0.2, -0.15) is 0 Å². The molecule has 2 aromatic rings. The summed E-state index contributed by atoms with van der Waals surface area (Å²) < 4.78 is 5.44. The lowest BCUT2D eigenvalue weighted by molar-refractivity contribution is -0.123. The highest BCUT2D eigenvalue weighted by molar-refractivity contribution is 6.22. The van der Waals surface area contributed by atoms with Gasteiger partial charge in [0.1, 0.15) is 5.75 Å². The summed E-state index contributed by atoms with van der Waals surface area (Å²) in [4.78, 5) is 31.5. The van der Waals surface area contributed by atoms with Gasteiger partial charge in [0.05, 0.1) is 24.8 Å². The molecule has 0 radical (unpaired) electrons. The monoisotopic (exact) mass is 393 g/mol. The minimum atomic E-state index is -0.354. The second-order valence-electron chi connectivity index (χ2n) is 7.51. The summed E-state index contributed by atoms with van der Waals surface area (Å²) in [6, 6.07) is 17.2. The highest BCUT2D eigenvalue weighted by atomic mass is 16.5. The number of anilines is 1. The van der Waals surface area contributed by atoms with Gasteiger partial charge in [0, 0.05) is 32.7 Å². The molecule has 2 aliphatic heterocycles. The van der Waals surface area contributed by atoms with Gasteiger partial charge in [-0.3, -0.25) is 19.4 Å². The van der Waals surface area contributed by atoms with Crippen molar-refractivity contribution in [1.29, 1.82) is 0 Å². The van der Waals surface area contributed by atoms with E-state index in [1.807, 2.05) is 13.0 Å². The summed E-state index contributed by atoms with van der Waals surface area (Å²) in [6.07, 6.45) is 0.255. The van der Waals surface area contributed by atoms with E-state index in [9.17, 15) is 9.59 Å². The Labute approximate surface area is 171 Å². The zero-order chi connectivity index (χ0) is 20.2. The fourth-order valence-corrected chi connectivity index (χ4v) is 4.11. The van der Waals surface area contributed by atoms with Gasteiger partial charge in [0.15, 0.2) is 0 Å². The van der Waals surface area contributed by atoms with Crippen LogP contribution in [0.1, 0.15) is 18.9 Å². The second kappa shape index (κ2) is 8.76. The number of hydrogen-bond donors (Lipinski definition) is 0. The Morgan fingerprint density at radius 3 is 2.28 bits per heavy atom. The molecule has 152 valence electrons. The normalized spacial score (nSPS) is 21.0. The number of piperazine rings is 1. The molecular formula is C23H27N3O3. The largest absolute Gasteiger partial charge is 0.494 e. The van der Waals surface area contributed by atoms with Crippen molar-refractivity contribution >= 4 is 17.5 Å². The van der Waals surface area contributed by atoms with E-state index >= 15 is 0 Å². The van der Waals surface area contributed by atoms with Crippen molar-refractivity contribution in [1.82, 2.24) is 9.80 Å². The summed E-state index contributed by atoms with van der Waals surface area (Å²) in [5.41, 5.74) is 1.92. The minimum absolute atomic E-state index is 0.115. The van der Waals surface area contributed by atoms with Crippen molar-refractivity contribution in [3.05, 3.63) is 60.2 Å². The van der Waals surface area contributed by atoms with Crippen LogP contribution in [0.3, 0.4) is 0 Å². The molecule has 0 spiro atoms. The zero-order valence-corrected chi connectivity index (χ0v) is 16.8. The summed E-state index contributed by atoms with van der Waals surface area (Å²) >= 11 is 0. The maximum absolute atomic E-state index is 13.0. The first-order chi connectivity index (χ1) is 14.2. The molecule has 1 atom stereocenters.